The number of unbranched alkanes of at least 4 members (excludes halogenated alkanes) is 3. The smallest absolute Gasteiger partial charge is 0.226 e. The standard InChI is InChI=1S/C14H24N6O/c1-2-7-16-14-19-12(11-13(20-14)18-10-17-11)15-8-5-3-4-6-9-21/h10,21H,2-9H2,1H3,(H3,15,16,17,18,19,20). The molecule has 0 fully saturated rings. The molecule has 116 valence electrons. The summed E-state index contributed by atoms with van der Waals surface area (Å²) in [5, 5.41) is 15.3. The van der Waals surface area contributed by atoms with Crippen LogP contribution in [0.3, 0.4) is 0 Å². The summed E-state index contributed by atoms with van der Waals surface area (Å²) >= 11 is 0. The molecule has 7 heteroatoms. The molecule has 2 aromatic rings. The highest BCUT2D eigenvalue weighted by Gasteiger charge is 2.09. The van der Waals surface area contributed by atoms with Gasteiger partial charge in [0.25, 0.3) is 0 Å². The second-order valence-electron chi connectivity index (χ2n) is 4.99. The van der Waals surface area contributed by atoms with Gasteiger partial charge in [-0.2, -0.15) is 9.97 Å². The van der Waals surface area contributed by atoms with Crippen LogP contribution < -0.4 is 10.6 Å². The van der Waals surface area contributed by atoms with E-state index in [1.807, 2.05) is 0 Å². The van der Waals surface area contributed by atoms with Gasteiger partial charge in [0, 0.05) is 19.7 Å². The van der Waals surface area contributed by atoms with Gasteiger partial charge in [-0.25, -0.2) is 4.98 Å². The van der Waals surface area contributed by atoms with E-state index in [1.165, 1.54) is 0 Å². The number of aliphatic hydroxyl groups is 1. The van der Waals surface area contributed by atoms with Gasteiger partial charge in [0.05, 0.1) is 6.33 Å². The zero-order valence-electron chi connectivity index (χ0n) is 12.5. The van der Waals surface area contributed by atoms with E-state index >= 15 is 0 Å². The van der Waals surface area contributed by atoms with Crippen LogP contribution in [0.15, 0.2) is 6.33 Å². The minimum absolute atomic E-state index is 0.278. The number of anilines is 2. The fourth-order valence-corrected chi connectivity index (χ4v) is 2.07. The third kappa shape index (κ3) is 4.56. The van der Waals surface area contributed by atoms with E-state index in [9.17, 15) is 0 Å². The molecule has 21 heavy (non-hydrogen) atoms. The minimum atomic E-state index is 0.278. The number of rotatable bonds is 10. The van der Waals surface area contributed by atoms with E-state index in [4.69, 9.17) is 5.11 Å². The van der Waals surface area contributed by atoms with Crippen LogP contribution in [0.4, 0.5) is 11.8 Å². The average molecular weight is 292 g/mol. The molecule has 0 radical (unpaired) electrons. The molecular weight excluding hydrogens is 268 g/mol. The monoisotopic (exact) mass is 292 g/mol. The minimum Gasteiger partial charge on any atom is -0.396 e. The van der Waals surface area contributed by atoms with Crippen LogP contribution in [0.2, 0.25) is 0 Å². The zero-order chi connectivity index (χ0) is 14.9. The van der Waals surface area contributed by atoms with Crippen LogP contribution in [0.25, 0.3) is 11.2 Å². The van der Waals surface area contributed by atoms with Gasteiger partial charge in [0.15, 0.2) is 11.5 Å². The maximum absolute atomic E-state index is 8.75. The average Bonchev–Trinajstić information content (AvgIpc) is 2.97. The number of aromatic nitrogens is 4. The number of H-pyrrole nitrogens is 1. The van der Waals surface area contributed by atoms with Crippen LogP contribution >= 0.6 is 0 Å². The van der Waals surface area contributed by atoms with Crippen molar-refractivity contribution in [3.8, 4) is 0 Å². The van der Waals surface area contributed by atoms with Gasteiger partial charge < -0.3 is 20.7 Å². The molecule has 0 saturated heterocycles. The SMILES string of the molecule is CCCNc1nc(NCCCCCCO)c2[nH]cnc2n1. The van der Waals surface area contributed by atoms with E-state index in [0.717, 1.165) is 56.5 Å². The Morgan fingerprint density at radius 2 is 1.95 bits per heavy atom. The summed E-state index contributed by atoms with van der Waals surface area (Å²) in [7, 11) is 0. The van der Waals surface area contributed by atoms with E-state index in [1.54, 1.807) is 6.33 Å². The van der Waals surface area contributed by atoms with Crippen molar-refractivity contribution in [1.29, 1.82) is 0 Å². The molecular formula is C14H24N6O. The molecule has 2 rings (SSSR count). The molecule has 0 unspecified atom stereocenters. The van der Waals surface area contributed by atoms with Crippen LogP contribution in [0, 0.1) is 0 Å². The normalized spacial score (nSPS) is 11.0. The fraction of sp³-hybridized carbons (Fsp3) is 0.643. The van der Waals surface area contributed by atoms with E-state index in [-0.39, 0.29) is 6.61 Å². The lowest BCUT2D eigenvalue weighted by Crippen LogP contribution is -2.09. The Kier molecular flexibility index (Phi) is 6.21. The molecule has 0 atom stereocenters. The van der Waals surface area contributed by atoms with Crippen molar-refractivity contribution in [3.63, 3.8) is 0 Å². The van der Waals surface area contributed by atoms with Gasteiger partial charge in [0.1, 0.15) is 5.52 Å². The number of nitrogens with zero attached hydrogens (tertiary/aromatic N) is 3. The molecule has 7 nitrogen and oxygen atoms in total. The lowest BCUT2D eigenvalue weighted by atomic mass is 10.2. The largest absolute Gasteiger partial charge is 0.396 e. The topological polar surface area (TPSA) is 98.8 Å². The van der Waals surface area contributed by atoms with Gasteiger partial charge in [0.2, 0.25) is 5.95 Å². The molecule has 0 aliphatic rings. The first-order chi connectivity index (χ1) is 10.3. The predicted octanol–water partition coefficient (Wildman–Crippen LogP) is 2.14. The highest BCUT2D eigenvalue weighted by molar-refractivity contribution is 5.83. The van der Waals surface area contributed by atoms with Crippen molar-refractivity contribution in [3.05, 3.63) is 6.33 Å². The van der Waals surface area contributed by atoms with E-state index in [2.05, 4.69) is 37.5 Å². The summed E-state index contributed by atoms with van der Waals surface area (Å²) in [5.41, 5.74) is 1.51. The third-order valence-corrected chi connectivity index (χ3v) is 3.20. The molecule has 0 amide bonds. The Hall–Kier alpha value is -1.89. The summed E-state index contributed by atoms with van der Waals surface area (Å²) < 4.78 is 0. The summed E-state index contributed by atoms with van der Waals surface area (Å²) in [5.74, 6) is 1.40. The highest BCUT2D eigenvalue weighted by Crippen LogP contribution is 2.18. The van der Waals surface area contributed by atoms with Gasteiger partial charge in [-0.1, -0.05) is 19.8 Å². The Bertz CT molecular complexity index is 541. The van der Waals surface area contributed by atoms with Crippen molar-refractivity contribution < 1.29 is 5.11 Å². The number of nitrogens with one attached hydrogen (secondary N) is 3. The summed E-state index contributed by atoms with van der Waals surface area (Å²) in [6.07, 6.45) is 6.75. The van der Waals surface area contributed by atoms with Gasteiger partial charge in [-0.05, 0) is 19.3 Å². The Balaban J connectivity index is 1.95. The highest BCUT2D eigenvalue weighted by atomic mass is 16.2. The fourth-order valence-electron chi connectivity index (χ4n) is 2.07. The van der Waals surface area contributed by atoms with Crippen molar-refractivity contribution in [2.45, 2.75) is 39.0 Å². The number of hydrogen-bond acceptors (Lipinski definition) is 6. The third-order valence-electron chi connectivity index (χ3n) is 3.20. The molecule has 0 saturated carbocycles. The second kappa shape index (κ2) is 8.41. The van der Waals surface area contributed by atoms with Gasteiger partial charge in [-0.15, -0.1) is 0 Å². The van der Waals surface area contributed by atoms with Crippen molar-refractivity contribution >= 4 is 22.9 Å². The molecule has 0 spiro atoms. The predicted molar refractivity (Wildman–Crippen MR) is 84.5 cm³/mol. The number of aromatic amines is 1. The molecule has 0 aliphatic heterocycles. The molecule has 4 N–H and O–H groups in total. The van der Waals surface area contributed by atoms with E-state index in [0.29, 0.717) is 11.6 Å². The lowest BCUT2D eigenvalue weighted by molar-refractivity contribution is 0.283. The molecule has 0 aromatic carbocycles. The van der Waals surface area contributed by atoms with Crippen molar-refractivity contribution in [2.75, 3.05) is 30.3 Å². The first-order valence-electron chi connectivity index (χ1n) is 7.65. The van der Waals surface area contributed by atoms with Crippen LogP contribution in [-0.4, -0.2) is 44.7 Å². The zero-order valence-corrected chi connectivity index (χ0v) is 12.5. The number of imidazole rings is 1. The quantitative estimate of drug-likeness (QED) is 0.501. The number of fused-ring (bicyclic) bond motifs is 1. The Labute approximate surface area is 124 Å². The maximum atomic E-state index is 8.75. The van der Waals surface area contributed by atoms with Crippen LogP contribution in [-0.2, 0) is 0 Å². The molecule has 2 heterocycles. The number of aliphatic hydroxyl groups excluding tert-OH is 1. The maximum Gasteiger partial charge on any atom is 0.226 e. The molecule has 2 aromatic heterocycles. The first-order valence-corrected chi connectivity index (χ1v) is 7.65. The van der Waals surface area contributed by atoms with Gasteiger partial charge >= 0.3 is 0 Å². The van der Waals surface area contributed by atoms with Gasteiger partial charge in [-0.3, -0.25) is 0 Å². The van der Waals surface area contributed by atoms with Crippen LogP contribution in [0.5, 0.6) is 0 Å². The first kappa shape index (κ1) is 15.5. The Morgan fingerprint density at radius 1 is 1.10 bits per heavy atom. The van der Waals surface area contributed by atoms with Crippen LogP contribution in [0.1, 0.15) is 39.0 Å². The Morgan fingerprint density at radius 3 is 2.76 bits per heavy atom. The lowest BCUT2D eigenvalue weighted by Gasteiger charge is -2.09. The molecule has 0 aliphatic carbocycles. The summed E-state index contributed by atoms with van der Waals surface area (Å²) in [4.78, 5) is 16.1. The van der Waals surface area contributed by atoms with Crippen molar-refractivity contribution in [1.82, 2.24) is 19.9 Å². The van der Waals surface area contributed by atoms with E-state index < -0.39 is 0 Å². The second-order valence-corrected chi connectivity index (χ2v) is 4.99. The summed E-state index contributed by atoms with van der Waals surface area (Å²) in [6.45, 7) is 4.08. The van der Waals surface area contributed by atoms with Crippen molar-refractivity contribution in [2.24, 2.45) is 0 Å². The molecule has 0 bridgehead atoms. The summed E-state index contributed by atoms with van der Waals surface area (Å²) in [6, 6.07) is 0. The number of hydrogen-bond donors (Lipinski definition) is 4.